The minimum Gasteiger partial charge on any atom is -0.481 e. The van der Waals surface area contributed by atoms with Crippen molar-refractivity contribution in [2.24, 2.45) is 0 Å². The summed E-state index contributed by atoms with van der Waals surface area (Å²) in [6.45, 7) is 0.398. The lowest BCUT2D eigenvalue weighted by molar-refractivity contribution is -0.389. The molecule has 0 radical (unpaired) electrons. The second-order valence-corrected chi connectivity index (χ2v) is 3.94. The number of hydrogen-bond donors (Lipinski definition) is 1. The summed E-state index contributed by atoms with van der Waals surface area (Å²) in [6, 6.07) is 0. The van der Waals surface area contributed by atoms with E-state index in [4.69, 9.17) is 5.11 Å². The van der Waals surface area contributed by atoms with Gasteiger partial charge in [0.05, 0.1) is 6.42 Å². The van der Waals surface area contributed by atoms with Gasteiger partial charge in [0.1, 0.15) is 6.20 Å². The average Bonchev–Trinajstić information content (AvgIpc) is 2.81. The standard InChI is InChI=1S/C10H14N4O5/c1-12(4-3-10(16)17)9(15)2-5-13-6-8(11-7-13)14(18)19/h6-7H,2-5H2,1H3,(H,16,17). The van der Waals surface area contributed by atoms with E-state index in [0.29, 0.717) is 0 Å². The monoisotopic (exact) mass is 270 g/mol. The third-order valence-electron chi connectivity index (χ3n) is 2.48. The average molecular weight is 270 g/mol. The lowest BCUT2D eigenvalue weighted by atomic mass is 10.3. The van der Waals surface area contributed by atoms with Crippen LogP contribution in [-0.4, -0.2) is 49.9 Å². The number of aryl methyl sites for hydroxylation is 1. The first kappa shape index (κ1) is 14.6. The first-order chi connectivity index (χ1) is 8.90. The number of aromatic nitrogens is 2. The summed E-state index contributed by atoms with van der Waals surface area (Å²) >= 11 is 0. The molecule has 0 saturated carbocycles. The van der Waals surface area contributed by atoms with Gasteiger partial charge in [0, 0.05) is 26.6 Å². The van der Waals surface area contributed by atoms with Gasteiger partial charge in [-0.2, -0.15) is 0 Å². The van der Waals surface area contributed by atoms with E-state index in [2.05, 4.69) is 4.98 Å². The number of rotatable bonds is 7. The second-order valence-electron chi connectivity index (χ2n) is 3.94. The number of carbonyl (C=O) groups is 2. The molecule has 0 aromatic carbocycles. The molecule has 0 atom stereocenters. The van der Waals surface area contributed by atoms with Gasteiger partial charge in [0.15, 0.2) is 0 Å². The largest absolute Gasteiger partial charge is 0.481 e. The molecule has 0 saturated heterocycles. The van der Waals surface area contributed by atoms with Gasteiger partial charge in [-0.25, -0.2) is 0 Å². The van der Waals surface area contributed by atoms with Crippen LogP contribution in [0.1, 0.15) is 12.8 Å². The Hall–Kier alpha value is -2.45. The zero-order valence-corrected chi connectivity index (χ0v) is 10.4. The van der Waals surface area contributed by atoms with E-state index < -0.39 is 10.9 Å². The molecule has 9 nitrogen and oxygen atoms in total. The smallest absolute Gasteiger partial charge is 0.381 e. The maximum Gasteiger partial charge on any atom is 0.381 e. The topological polar surface area (TPSA) is 119 Å². The van der Waals surface area contributed by atoms with E-state index >= 15 is 0 Å². The number of carbonyl (C=O) groups excluding carboxylic acids is 1. The van der Waals surface area contributed by atoms with Crippen LogP contribution in [-0.2, 0) is 16.1 Å². The van der Waals surface area contributed by atoms with Crippen molar-refractivity contribution in [1.82, 2.24) is 14.5 Å². The Morgan fingerprint density at radius 2 is 2.21 bits per heavy atom. The van der Waals surface area contributed by atoms with E-state index in [1.807, 2.05) is 0 Å². The van der Waals surface area contributed by atoms with Crippen molar-refractivity contribution in [3.63, 3.8) is 0 Å². The first-order valence-electron chi connectivity index (χ1n) is 5.52. The Morgan fingerprint density at radius 1 is 1.53 bits per heavy atom. The number of aliphatic carboxylic acids is 1. The summed E-state index contributed by atoms with van der Waals surface area (Å²) in [7, 11) is 1.52. The molecule has 0 fully saturated rings. The molecule has 19 heavy (non-hydrogen) atoms. The maximum atomic E-state index is 11.6. The van der Waals surface area contributed by atoms with E-state index in [1.165, 1.54) is 29.0 Å². The van der Waals surface area contributed by atoms with Crippen molar-refractivity contribution in [2.45, 2.75) is 19.4 Å². The number of amides is 1. The Bertz CT molecular complexity index is 484. The van der Waals surface area contributed by atoms with Gasteiger partial charge in [-0.05, 0) is 9.91 Å². The van der Waals surface area contributed by atoms with Gasteiger partial charge in [0.2, 0.25) is 12.2 Å². The van der Waals surface area contributed by atoms with Crippen LogP contribution in [0.15, 0.2) is 12.5 Å². The van der Waals surface area contributed by atoms with Crippen molar-refractivity contribution in [3.8, 4) is 0 Å². The molecule has 0 unspecified atom stereocenters. The predicted octanol–water partition coefficient (Wildman–Crippen LogP) is 0.115. The summed E-state index contributed by atoms with van der Waals surface area (Å²) in [5.74, 6) is -1.46. The van der Waals surface area contributed by atoms with Gasteiger partial charge in [-0.3, -0.25) is 9.59 Å². The van der Waals surface area contributed by atoms with Crippen molar-refractivity contribution >= 4 is 17.7 Å². The Kier molecular flexibility index (Phi) is 4.98. The van der Waals surface area contributed by atoms with Crippen molar-refractivity contribution in [1.29, 1.82) is 0 Å². The third-order valence-corrected chi connectivity index (χ3v) is 2.48. The fourth-order valence-corrected chi connectivity index (χ4v) is 1.37. The molecule has 0 aliphatic rings. The Balaban J connectivity index is 2.40. The van der Waals surface area contributed by atoms with E-state index in [1.54, 1.807) is 0 Å². The minimum absolute atomic E-state index is 0.112. The van der Waals surface area contributed by atoms with E-state index in [9.17, 15) is 19.7 Å². The van der Waals surface area contributed by atoms with Crippen LogP contribution in [0.25, 0.3) is 0 Å². The molecule has 0 bridgehead atoms. The highest BCUT2D eigenvalue weighted by molar-refractivity contribution is 5.76. The third kappa shape index (κ3) is 4.74. The molecule has 104 valence electrons. The fourth-order valence-electron chi connectivity index (χ4n) is 1.37. The number of hydrogen-bond acceptors (Lipinski definition) is 5. The van der Waals surface area contributed by atoms with Crippen molar-refractivity contribution < 1.29 is 19.6 Å². The molecule has 9 heteroatoms. The van der Waals surface area contributed by atoms with Gasteiger partial charge in [0.25, 0.3) is 0 Å². The molecule has 1 aromatic heterocycles. The number of imidazole rings is 1. The Labute approximate surface area is 108 Å². The summed E-state index contributed by atoms with van der Waals surface area (Å²) in [5.41, 5.74) is 0. The molecule has 0 aliphatic carbocycles. The van der Waals surface area contributed by atoms with Crippen LogP contribution >= 0.6 is 0 Å². The number of nitro groups is 1. The summed E-state index contributed by atoms with van der Waals surface area (Å²) in [4.78, 5) is 36.7. The van der Waals surface area contributed by atoms with Crippen LogP contribution in [0.2, 0.25) is 0 Å². The molecule has 1 rings (SSSR count). The highest BCUT2D eigenvalue weighted by atomic mass is 16.6. The molecular weight excluding hydrogens is 256 g/mol. The van der Waals surface area contributed by atoms with Crippen LogP contribution in [0.3, 0.4) is 0 Å². The minimum atomic E-state index is -0.968. The summed E-state index contributed by atoms with van der Waals surface area (Å²) in [5, 5.41) is 18.9. The van der Waals surface area contributed by atoms with E-state index in [0.717, 1.165) is 0 Å². The van der Waals surface area contributed by atoms with Crippen LogP contribution in [0, 0.1) is 10.1 Å². The molecular formula is C10H14N4O5. The highest BCUT2D eigenvalue weighted by Crippen LogP contribution is 2.06. The zero-order valence-electron chi connectivity index (χ0n) is 10.4. The molecule has 1 heterocycles. The lowest BCUT2D eigenvalue weighted by Crippen LogP contribution is -2.29. The fraction of sp³-hybridized carbons (Fsp3) is 0.500. The van der Waals surface area contributed by atoms with Crippen LogP contribution in [0.5, 0.6) is 0 Å². The SMILES string of the molecule is CN(CCC(=O)O)C(=O)CCn1cnc([N+](=O)[O-])c1. The molecule has 1 aromatic rings. The zero-order chi connectivity index (χ0) is 14.4. The molecule has 1 amide bonds. The molecule has 1 N–H and O–H groups in total. The van der Waals surface area contributed by atoms with E-state index in [-0.39, 0.29) is 37.7 Å². The lowest BCUT2D eigenvalue weighted by Gasteiger charge is -2.15. The van der Waals surface area contributed by atoms with Gasteiger partial charge < -0.3 is 24.7 Å². The molecule has 0 aliphatic heterocycles. The van der Waals surface area contributed by atoms with Gasteiger partial charge >= 0.3 is 11.8 Å². The second kappa shape index (κ2) is 6.47. The maximum absolute atomic E-state index is 11.6. The normalized spacial score (nSPS) is 10.2. The Morgan fingerprint density at radius 3 is 2.74 bits per heavy atom. The predicted molar refractivity (Wildman–Crippen MR) is 63.4 cm³/mol. The van der Waals surface area contributed by atoms with Crippen molar-refractivity contribution in [3.05, 3.63) is 22.6 Å². The summed E-state index contributed by atoms with van der Waals surface area (Å²) in [6.07, 6.45) is 2.54. The van der Waals surface area contributed by atoms with Gasteiger partial charge in [-0.1, -0.05) is 0 Å². The first-order valence-corrected chi connectivity index (χ1v) is 5.52. The number of carboxylic acid groups (broad SMARTS) is 1. The molecule has 0 spiro atoms. The van der Waals surface area contributed by atoms with Gasteiger partial charge in [-0.15, -0.1) is 0 Å². The van der Waals surface area contributed by atoms with Crippen molar-refractivity contribution in [2.75, 3.05) is 13.6 Å². The number of carboxylic acids is 1. The van der Waals surface area contributed by atoms with Crippen LogP contribution in [0.4, 0.5) is 5.82 Å². The summed E-state index contributed by atoms with van der Waals surface area (Å²) < 4.78 is 1.45. The van der Waals surface area contributed by atoms with Crippen LogP contribution < -0.4 is 0 Å². The highest BCUT2D eigenvalue weighted by Gasteiger charge is 2.13. The number of nitrogens with zero attached hydrogens (tertiary/aromatic N) is 4. The quantitative estimate of drug-likeness (QED) is 0.555.